The number of aliphatic carboxylic acids is 1. The van der Waals surface area contributed by atoms with Gasteiger partial charge in [0.2, 0.25) is 0 Å². The van der Waals surface area contributed by atoms with E-state index in [0.717, 1.165) is 25.9 Å². The molecule has 19 heavy (non-hydrogen) atoms. The summed E-state index contributed by atoms with van der Waals surface area (Å²) in [6.45, 7) is 9.09. The zero-order chi connectivity index (χ0) is 14.3. The van der Waals surface area contributed by atoms with Crippen LogP contribution in [0.5, 0.6) is 0 Å². The fourth-order valence-corrected chi connectivity index (χ4v) is 3.61. The molecule has 1 aliphatic heterocycles. The van der Waals surface area contributed by atoms with Crippen molar-refractivity contribution in [3.63, 3.8) is 0 Å². The normalized spacial score (nSPS) is 37.5. The Bertz CT molecular complexity index is 351. The van der Waals surface area contributed by atoms with E-state index in [1.54, 1.807) is 0 Å². The van der Waals surface area contributed by atoms with E-state index in [1.807, 2.05) is 0 Å². The summed E-state index contributed by atoms with van der Waals surface area (Å²) in [5.41, 5.74) is 5.40. The van der Waals surface area contributed by atoms with Gasteiger partial charge in [-0.05, 0) is 50.0 Å². The van der Waals surface area contributed by atoms with E-state index >= 15 is 0 Å². The lowest BCUT2D eigenvalue weighted by molar-refractivity contribution is -0.145. The summed E-state index contributed by atoms with van der Waals surface area (Å²) in [5, 5.41) is 9.30. The molecule has 0 aromatic heterocycles. The second-order valence-corrected chi connectivity index (χ2v) is 7.56. The largest absolute Gasteiger partial charge is 0.480 e. The van der Waals surface area contributed by atoms with Gasteiger partial charge in [-0.15, -0.1) is 0 Å². The van der Waals surface area contributed by atoms with Crippen molar-refractivity contribution in [2.75, 3.05) is 13.1 Å². The molecule has 3 N–H and O–H groups in total. The molecule has 0 amide bonds. The Kier molecular flexibility index (Phi) is 3.94. The van der Waals surface area contributed by atoms with E-state index in [-0.39, 0.29) is 0 Å². The van der Waals surface area contributed by atoms with Crippen LogP contribution in [0.15, 0.2) is 0 Å². The van der Waals surface area contributed by atoms with E-state index in [0.29, 0.717) is 30.2 Å². The standard InChI is InChI=1S/C15H28N2O2/c1-14(2,3)11-6-8-17(10-11)12-5-4-7-15(16,9-12)13(18)19/h11-12H,4-10,16H2,1-3H3,(H,18,19). The van der Waals surface area contributed by atoms with Gasteiger partial charge in [-0.1, -0.05) is 20.8 Å². The van der Waals surface area contributed by atoms with Gasteiger partial charge in [0.1, 0.15) is 5.54 Å². The maximum absolute atomic E-state index is 11.3. The van der Waals surface area contributed by atoms with Crippen molar-refractivity contribution in [3.8, 4) is 0 Å². The van der Waals surface area contributed by atoms with Gasteiger partial charge in [-0.2, -0.15) is 0 Å². The second-order valence-electron chi connectivity index (χ2n) is 7.56. The number of nitrogens with two attached hydrogens (primary N) is 1. The van der Waals surface area contributed by atoms with Crippen LogP contribution in [-0.4, -0.2) is 40.6 Å². The molecule has 3 atom stereocenters. The van der Waals surface area contributed by atoms with Crippen molar-refractivity contribution >= 4 is 5.97 Å². The lowest BCUT2D eigenvalue weighted by Crippen LogP contribution is -2.55. The third kappa shape index (κ3) is 3.11. The van der Waals surface area contributed by atoms with Gasteiger partial charge in [0.25, 0.3) is 0 Å². The predicted molar refractivity (Wildman–Crippen MR) is 75.9 cm³/mol. The first kappa shape index (κ1) is 14.8. The zero-order valence-electron chi connectivity index (χ0n) is 12.5. The number of carbonyl (C=O) groups is 1. The number of hydrogen-bond acceptors (Lipinski definition) is 3. The minimum Gasteiger partial charge on any atom is -0.480 e. The number of carboxylic acid groups (broad SMARTS) is 1. The molecule has 2 fully saturated rings. The predicted octanol–water partition coefficient (Wildman–Crippen LogP) is 2.08. The van der Waals surface area contributed by atoms with Crippen LogP contribution >= 0.6 is 0 Å². The Morgan fingerprint density at radius 2 is 2.05 bits per heavy atom. The SMILES string of the molecule is CC(C)(C)C1CCN(C2CCCC(N)(C(=O)O)C2)C1. The summed E-state index contributed by atoms with van der Waals surface area (Å²) in [6, 6.07) is 0.363. The highest BCUT2D eigenvalue weighted by molar-refractivity contribution is 5.78. The minimum absolute atomic E-state index is 0.343. The minimum atomic E-state index is -0.997. The first-order chi connectivity index (χ1) is 8.72. The molecule has 2 aliphatic rings. The van der Waals surface area contributed by atoms with Gasteiger partial charge in [0, 0.05) is 12.6 Å². The van der Waals surface area contributed by atoms with E-state index in [4.69, 9.17) is 5.73 Å². The molecule has 110 valence electrons. The first-order valence-corrected chi connectivity index (χ1v) is 7.49. The van der Waals surface area contributed by atoms with Crippen molar-refractivity contribution in [2.24, 2.45) is 17.1 Å². The van der Waals surface area contributed by atoms with E-state index < -0.39 is 11.5 Å². The Morgan fingerprint density at radius 1 is 1.37 bits per heavy atom. The highest BCUT2D eigenvalue weighted by atomic mass is 16.4. The summed E-state index contributed by atoms with van der Waals surface area (Å²) in [5.74, 6) is -0.116. The Balaban J connectivity index is 1.98. The fourth-order valence-electron chi connectivity index (χ4n) is 3.61. The Hall–Kier alpha value is -0.610. The molecule has 1 heterocycles. The maximum Gasteiger partial charge on any atom is 0.323 e. The highest BCUT2D eigenvalue weighted by Gasteiger charge is 2.43. The molecule has 3 unspecified atom stereocenters. The van der Waals surface area contributed by atoms with Crippen molar-refractivity contribution in [2.45, 2.75) is 64.5 Å². The molecule has 4 heteroatoms. The van der Waals surface area contributed by atoms with Crippen LogP contribution in [0, 0.1) is 11.3 Å². The molecule has 1 saturated heterocycles. The summed E-state index contributed by atoms with van der Waals surface area (Å²) < 4.78 is 0. The van der Waals surface area contributed by atoms with Crippen LogP contribution in [0.2, 0.25) is 0 Å². The van der Waals surface area contributed by atoms with Gasteiger partial charge in [-0.3, -0.25) is 9.69 Å². The van der Waals surface area contributed by atoms with Crippen LogP contribution in [0.3, 0.4) is 0 Å². The average Bonchev–Trinajstić information content (AvgIpc) is 2.77. The monoisotopic (exact) mass is 268 g/mol. The Morgan fingerprint density at radius 3 is 2.58 bits per heavy atom. The van der Waals surface area contributed by atoms with Crippen molar-refractivity contribution in [3.05, 3.63) is 0 Å². The summed E-state index contributed by atoms with van der Waals surface area (Å²) in [7, 11) is 0. The molecule has 1 aliphatic carbocycles. The molecular weight excluding hydrogens is 240 g/mol. The highest BCUT2D eigenvalue weighted by Crippen LogP contribution is 2.38. The summed E-state index contributed by atoms with van der Waals surface area (Å²) in [6.07, 6.45) is 4.49. The zero-order valence-corrected chi connectivity index (χ0v) is 12.5. The summed E-state index contributed by atoms with van der Waals surface area (Å²) in [4.78, 5) is 13.8. The number of nitrogens with zero attached hydrogens (tertiary/aromatic N) is 1. The third-order valence-corrected chi connectivity index (χ3v) is 5.15. The first-order valence-electron chi connectivity index (χ1n) is 7.49. The quantitative estimate of drug-likeness (QED) is 0.804. The summed E-state index contributed by atoms with van der Waals surface area (Å²) >= 11 is 0. The lowest BCUT2D eigenvalue weighted by atomic mass is 9.78. The number of carboxylic acids is 1. The van der Waals surface area contributed by atoms with Crippen LogP contribution in [-0.2, 0) is 4.79 Å². The van der Waals surface area contributed by atoms with Crippen LogP contribution in [0.4, 0.5) is 0 Å². The van der Waals surface area contributed by atoms with Gasteiger partial charge >= 0.3 is 5.97 Å². The van der Waals surface area contributed by atoms with Crippen LogP contribution < -0.4 is 5.73 Å². The molecule has 1 saturated carbocycles. The van der Waals surface area contributed by atoms with Crippen LogP contribution in [0.25, 0.3) is 0 Å². The fraction of sp³-hybridized carbons (Fsp3) is 0.933. The van der Waals surface area contributed by atoms with Gasteiger partial charge in [0.15, 0.2) is 0 Å². The number of hydrogen-bond donors (Lipinski definition) is 2. The van der Waals surface area contributed by atoms with E-state index in [1.165, 1.54) is 6.42 Å². The van der Waals surface area contributed by atoms with Gasteiger partial charge < -0.3 is 10.8 Å². The van der Waals surface area contributed by atoms with E-state index in [9.17, 15) is 9.90 Å². The molecule has 0 spiro atoms. The molecule has 0 aromatic carbocycles. The van der Waals surface area contributed by atoms with Gasteiger partial charge in [0.05, 0.1) is 0 Å². The number of rotatable bonds is 2. The van der Waals surface area contributed by atoms with Crippen molar-refractivity contribution < 1.29 is 9.90 Å². The second kappa shape index (κ2) is 5.06. The molecule has 0 aromatic rings. The molecule has 0 bridgehead atoms. The molecular formula is C15H28N2O2. The molecule has 4 nitrogen and oxygen atoms in total. The average molecular weight is 268 g/mol. The molecule has 0 radical (unpaired) electrons. The van der Waals surface area contributed by atoms with Gasteiger partial charge in [-0.25, -0.2) is 0 Å². The smallest absolute Gasteiger partial charge is 0.323 e. The van der Waals surface area contributed by atoms with Crippen LogP contribution in [0.1, 0.15) is 52.9 Å². The lowest BCUT2D eigenvalue weighted by Gasteiger charge is -2.39. The topological polar surface area (TPSA) is 66.6 Å². The Labute approximate surface area is 116 Å². The number of likely N-dealkylation sites (tertiary alicyclic amines) is 1. The van der Waals surface area contributed by atoms with E-state index in [2.05, 4.69) is 25.7 Å². The maximum atomic E-state index is 11.3. The third-order valence-electron chi connectivity index (χ3n) is 5.15. The van der Waals surface area contributed by atoms with Crippen molar-refractivity contribution in [1.29, 1.82) is 0 Å². The van der Waals surface area contributed by atoms with Crippen molar-refractivity contribution in [1.82, 2.24) is 4.90 Å². The molecule has 2 rings (SSSR count).